The van der Waals surface area contributed by atoms with Crippen LogP contribution in [0, 0.1) is 13.8 Å². The van der Waals surface area contributed by atoms with E-state index in [0.29, 0.717) is 5.56 Å². The zero-order valence-electron chi connectivity index (χ0n) is 14.4. The van der Waals surface area contributed by atoms with Gasteiger partial charge in [0.1, 0.15) is 6.04 Å². The van der Waals surface area contributed by atoms with Crippen molar-refractivity contribution in [2.24, 2.45) is 0 Å². The van der Waals surface area contributed by atoms with Crippen molar-refractivity contribution in [3.05, 3.63) is 53.1 Å². The lowest BCUT2D eigenvalue weighted by Crippen LogP contribution is -2.43. The molecule has 2 aromatic rings. The Morgan fingerprint density at radius 1 is 1.16 bits per heavy atom. The number of rotatable bonds is 2. The first-order valence-corrected chi connectivity index (χ1v) is 8.63. The molecule has 0 saturated carbocycles. The van der Waals surface area contributed by atoms with Crippen molar-refractivity contribution in [3.8, 4) is 0 Å². The Bertz CT molecular complexity index is 875. The van der Waals surface area contributed by atoms with Gasteiger partial charge in [0.25, 0.3) is 5.91 Å². The molecule has 1 saturated heterocycles. The van der Waals surface area contributed by atoms with Gasteiger partial charge in [-0.1, -0.05) is 6.07 Å². The maximum Gasteiger partial charge on any atom is 0.255 e. The smallest absolute Gasteiger partial charge is 0.255 e. The molecule has 0 bridgehead atoms. The molecule has 0 aliphatic carbocycles. The number of hydrogen-bond acceptors (Lipinski definition) is 3. The molecular weight excluding hydrogens is 314 g/mol. The summed E-state index contributed by atoms with van der Waals surface area (Å²) >= 11 is 0. The number of nitrogens with zero attached hydrogens (tertiary/aromatic N) is 1. The Balaban J connectivity index is 1.59. The summed E-state index contributed by atoms with van der Waals surface area (Å²) in [6.07, 6.45) is 1.91. The molecule has 0 unspecified atom stereocenters. The number of hydrogen-bond donors (Lipinski definition) is 2. The van der Waals surface area contributed by atoms with Gasteiger partial charge >= 0.3 is 0 Å². The number of aryl methyl sites for hydroxylation is 2. The highest BCUT2D eigenvalue weighted by Gasteiger charge is 2.36. The Morgan fingerprint density at radius 3 is 2.80 bits per heavy atom. The zero-order chi connectivity index (χ0) is 17.6. The van der Waals surface area contributed by atoms with Crippen molar-refractivity contribution >= 4 is 28.9 Å². The van der Waals surface area contributed by atoms with Crippen LogP contribution in [0.2, 0.25) is 0 Å². The SMILES string of the molecule is Cc1ccc(NC(=O)c2ccc3c(c2)NC(=O)[C@@H]2CCCN32)cc1C. The van der Waals surface area contributed by atoms with E-state index >= 15 is 0 Å². The summed E-state index contributed by atoms with van der Waals surface area (Å²) in [5.74, 6) is -0.152. The van der Waals surface area contributed by atoms with E-state index in [1.165, 1.54) is 5.56 Å². The monoisotopic (exact) mass is 335 g/mol. The van der Waals surface area contributed by atoms with E-state index in [-0.39, 0.29) is 17.9 Å². The molecule has 4 rings (SSSR count). The molecule has 2 aliphatic heterocycles. The lowest BCUT2D eigenvalue weighted by atomic mass is 10.1. The average Bonchev–Trinajstić information content (AvgIpc) is 3.08. The van der Waals surface area contributed by atoms with Crippen LogP contribution in [0.1, 0.15) is 34.3 Å². The molecular formula is C20H21N3O2. The minimum atomic E-state index is -0.177. The van der Waals surface area contributed by atoms with Crippen molar-refractivity contribution in [1.82, 2.24) is 0 Å². The number of carbonyl (C=O) groups excluding carboxylic acids is 2. The standard InChI is InChI=1S/C20H21N3O2/c1-12-5-7-15(10-13(12)2)21-19(24)14-6-8-17-16(11-14)22-20(25)18-4-3-9-23(17)18/h5-8,10-11,18H,3-4,9H2,1-2H3,(H,21,24)(H,22,25)/t18-/m0/s1. The molecule has 2 aromatic carbocycles. The summed E-state index contributed by atoms with van der Waals surface area (Å²) in [7, 11) is 0. The fourth-order valence-electron chi connectivity index (χ4n) is 3.59. The first-order chi connectivity index (χ1) is 12.0. The van der Waals surface area contributed by atoms with E-state index in [4.69, 9.17) is 0 Å². The van der Waals surface area contributed by atoms with Gasteiger partial charge < -0.3 is 15.5 Å². The van der Waals surface area contributed by atoms with Crippen molar-refractivity contribution in [1.29, 1.82) is 0 Å². The van der Waals surface area contributed by atoms with Gasteiger partial charge in [-0.25, -0.2) is 0 Å². The van der Waals surface area contributed by atoms with E-state index in [9.17, 15) is 9.59 Å². The number of carbonyl (C=O) groups is 2. The van der Waals surface area contributed by atoms with Crippen LogP contribution >= 0.6 is 0 Å². The summed E-state index contributed by atoms with van der Waals surface area (Å²) in [5.41, 5.74) is 5.36. The highest BCUT2D eigenvalue weighted by molar-refractivity contribution is 6.08. The minimum Gasteiger partial charge on any atom is -0.358 e. The van der Waals surface area contributed by atoms with Crippen LogP contribution in [-0.4, -0.2) is 24.4 Å². The number of amides is 2. The number of nitrogens with one attached hydrogen (secondary N) is 2. The summed E-state index contributed by atoms with van der Waals surface area (Å²) < 4.78 is 0. The molecule has 2 N–H and O–H groups in total. The van der Waals surface area contributed by atoms with Gasteiger partial charge in [-0.3, -0.25) is 9.59 Å². The average molecular weight is 335 g/mol. The third-order valence-electron chi connectivity index (χ3n) is 5.15. The number of anilines is 3. The molecule has 0 spiro atoms. The molecule has 128 valence electrons. The molecule has 1 fully saturated rings. The lowest BCUT2D eigenvalue weighted by Gasteiger charge is -2.33. The molecule has 2 aliphatic rings. The van der Waals surface area contributed by atoms with Gasteiger partial charge in [0, 0.05) is 17.8 Å². The normalized spacial score (nSPS) is 18.4. The van der Waals surface area contributed by atoms with Crippen LogP contribution in [0.15, 0.2) is 36.4 Å². The largest absolute Gasteiger partial charge is 0.358 e. The van der Waals surface area contributed by atoms with E-state index in [1.54, 1.807) is 6.07 Å². The van der Waals surface area contributed by atoms with Gasteiger partial charge in [0.15, 0.2) is 0 Å². The van der Waals surface area contributed by atoms with Crippen LogP contribution in [0.4, 0.5) is 17.1 Å². The number of benzene rings is 2. The highest BCUT2D eigenvalue weighted by atomic mass is 16.2. The first kappa shape index (κ1) is 15.7. The molecule has 25 heavy (non-hydrogen) atoms. The number of fused-ring (bicyclic) bond motifs is 3. The van der Waals surface area contributed by atoms with E-state index < -0.39 is 0 Å². The van der Waals surface area contributed by atoms with Crippen LogP contribution in [-0.2, 0) is 4.79 Å². The van der Waals surface area contributed by atoms with Gasteiger partial charge in [-0.05, 0) is 68.1 Å². The molecule has 2 amide bonds. The van der Waals surface area contributed by atoms with Gasteiger partial charge in [0.05, 0.1) is 11.4 Å². The summed E-state index contributed by atoms with van der Waals surface area (Å²) in [5, 5.41) is 5.87. The van der Waals surface area contributed by atoms with Crippen LogP contribution in [0.25, 0.3) is 0 Å². The Hall–Kier alpha value is -2.82. The fraction of sp³-hybridized carbons (Fsp3) is 0.300. The zero-order valence-corrected chi connectivity index (χ0v) is 14.4. The Kier molecular flexibility index (Phi) is 3.71. The predicted octanol–water partition coefficient (Wildman–Crippen LogP) is 3.48. The van der Waals surface area contributed by atoms with E-state index in [2.05, 4.69) is 15.5 Å². The maximum atomic E-state index is 12.6. The quantitative estimate of drug-likeness (QED) is 0.883. The fourth-order valence-corrected chi connectivity index (χ4v) is 3.59. The third-order valence-corrected chi connectivity index (χ3v) is 5.15. The Morgan fingerprint density at radius 2 is 2.00 bits per heavy atom. The molecule has 0 aromatic heterocycles. The molecule has 5 heteroatoms. The van der Waals surface area contributed by atoms with Gasteiger partial charge in [0.2, 0.25) is 5.91 Å². The summed E-state index contributed by atoms with van der Waals surface area (Å²) in [4.78, 5) is 26.9. The third kappa shape index (κ3) is 2.76. The predicted molar refractivity (Wildman–Crippen MR) is 99.3 cm³/mol. The second-order valence-corrected chi connectivity index (χ2v) is 6.83. The minimum absolute atomic E-state index is 0.0247. The maximum absolute atomic E-state index is 12.6. The van der Waals surface area contributed by atoms with Gasteiger partial charge in [-0.2, -0.15) is 0 Å². The van der Waals surface area contributed by atoms with E-state index in [0.717, 1.165) is 42.0 Å². The second-order valence-electron chi connectivity index (χ2n) is 6.83. The van der Waals surface area contributed by atoms with Crippen molar-refractivity contribution in [2.75, 3.05) is 22.1 Å². The summed E-state index contributed by atoms with van der Waals surface area (Å²) in [6, 6.07) is 11.3. The van der Waals surface area contributed by atoms with Crippen molar-refractivity contribution < 1.29 is 9.59 Å². The molecule has 5 nitrogen and oxygen atoms in total. The molecule has 0 radical (unpaired) electrons. The first-order valence-electron chi connectivity index (χ1n) is 8.63. The molecule has 2 heterocycles. The van der Waals surface area contributed by atoms with Crippen LogP contribution in [0.5, 0.6) is 0 Å². The van der Waals surface area contributed by atoms with Gasteiger partial charge in [-0.15, -0.1) is 0 Å². The van der Waals surface area contributed by atoms with Crippen LogP contribution in [0.3, 0.4) is 0 Å². The highest BCUT2D eigenvalue weighted by Crippen LogP contribution is 2.37. The van der Waals surface area contributed by atoms with Crippen molar-refractivity contribution in [2.45, 2.75) is 32.7 Å². The molecule has 1 atom stereocenters. The van der Waals surface area contributed by atoms with Crippen molar-refractivity contribution in [3.63, 3.8) is 0 Å². The summed E-state index contributed by atoms with van der Waals surface area (Å²) in [6.45, 7) is 4.95. The van der Waals surface area contributed by atoms with Crippen LogP contribution < -0.4 is 15.5 Å². The Labute approximate surface area is 147 Å². The lowest BCUT2D eigenvalue weighted by molar-refractivity contribution is -0.117. The topological polar surface area (TPSA) is 61.4 Å². The second kappa shape index (κ2) is 5.92. The van der Waals surface area contributed by atoms with E-state index in [1.807, 2.05) is 44.2 Å².